The van der Waals surface area contributed by atoms with Gasteiger partial charge in [0.1, 0.15) is 0 Å². The molecule has 0 aromatic carbocycles. The molecule has 0 N–H and O–H groups in total. The van der Waals surface area contributed by atoms with Crippen molar-refractivity contribution in [1.82, 2.24) is 4.90 Å². The van der Waals surface area contributed by atoms with Gasteiger partial charge in [-0.2, -0.15) is 0 Å². The predicted octanol–water partition coefficient (Wildman–Crippen LogP) is 1.72. The Morgan fingerprint density at radius 1 is 1.42 bits per heavy atom. The van der Waals surface area contributed by atoms with Gasteiger partial charge in [-0.25, -0.2) is 0 Å². The first kappa shape index (κ1) is 7.84. The van der Waals surface area contributed by atoms with Gasteiger partial charge in [-0.05, 0) is 25.7 Å². The minimum absolute atomic E-state index is 0.363. The lowest BCUT2D eigenvalue weighted by Crippen LogP contribution is -2.34. The number of nitrogens with zero attached hydrogens (tertiary/aromatic N) is 1. The van der Waals surface area contributed by atoms with E-state index in [4.69, 9.17) is 0 Å². The molecule has 0 unspecified atom stereocenters. The molecule has 2 heteroatoms. The van der Waals surface area contributed by atoms with Crippen LogP contribution in [0.5, 0.6) is 0 Å². The maximum Gasteiger partial charge on any atom is 0.223 e. The Kier molecular flexibility index (Phi) is 2.15. The van der Waals surface area contributed by atoms with Crippen LogP contribution in [0.25, 0.3) is 0 Å². The highest BCUT2D eigenvalue weighted by Crippen LogP contribution is 2.21. The molecule has 0 saturated carbocycles. The van der Waals surface area contributed by atoms with Crippen LogP contribution in [0.2, 0.25) is 0 Å². The minimum atomic E-state index is 0.363. The van der Waals surface area contributed by atoms with Crippen molar-refractivity contribution in [2.75, 3.05) is 6.54 Å². The fourth-order valence-corrected chi connectivity index (χ4v) is 2.07. The van der Waals surface area contributed by atoms with Gasteiger partial charge in [0.05, 0.1) is 6.04 Å². The average Bonchev–Trinajstić information content (AvgIpc) is 2.47. The van der Waals surface area contributed by atoms with Gasteiger partial charge >= 0.3 is 0 Å². The summed E-state index contributed by atoms with van der Waals surface area (Å²) >= 11 is 0. The Hall–Kier alpha value is -0.790. The van der Waals surface area contributed by atoms with Gasteiger partial charge in [0, 0.05) is 13.0 Å². The highest BCUT2D eigenvalue weighted by molar-refractivity contribution is 5.77. The molecule has 2 aliphatic rings. The molecule has 2 heterocycles. The van der Waals surface area contributed by atoms with Gasteiger partial charge in [-0.15, -0.1) is 0 Å². The van der Waals surface area contributed by atoms with E-state index in [0.717, 1.165) is 25.8 Å². The molecule has 0 spiro atoms. The van der Waals surface area contributed by atoms with Crippen LogP contribution in [0.15, 0.2) is 12.2 Å². The summed E-state index contributed by atoms with van der Waals surface area (Å²) in [7, 11) is 0. The number of hydrogen-bond acceptors (Lipinski definition) is 1. The molecule has 1 atom stereocenters. The van der Waals surface area contributed by atoms with Crippen molar-refractivity contribution in [3.63, 3.8) is 0 Å². The van der Waals surface area contributed by atoms with E-state index in [1.165, 1.54) is 12.8 Å². The summed E-state index contributed by atoms with van der Waals surface area (Å²) in [6.07, 6.45) is 9.65. The van der Waals surface area contributed by atoms with E-state index in [2.05, 4.69) is 12.2 Å². The number of rotatable bonds is 0. The van der Waals surface area contributed by atoms with Crippen LogP contribution in [0.4, 0.5) is 0 Å². The first-order valence-corrected chi connectivity index (χ1v) is 4.84. The number of fused-ring (bicyclic) bond motifs is 1. The second-order valence-corrected chi connectivity index (χ2v) is 3.62. The Morgan fingerprint density at radius 3 is 3.25 bits per heavy atom. The van der Waals surface area contributed by atoms with Gasteiger partial charge in [0.2, 0.25) is 5.91 Å². The van der Waals surface area contributed by atoms with Gasteiger partial charge in [0.15, 0.2) is 0 Å². The standard InChI is InChI=1S/C10H15NO/c12-10-7-3-1-2-5-9-6-4-8-11(9)10/h2,5,9H,1,3-4,6-8H2/b5-2-/t9-/m1/s1. The van der Waals surface area contributed by atoms with E-state index in [9.17, 15) is 4.79 Å². The van der Waals surface area contributed by atoms with Crippen molar-refractivity contribution in [3.8, 4) is 0 Å². The zero-order chi connectivity index (χ0) is 8.39. The highest BCUT2D eigenvalue weighted by atomic mass is 16.2. The molecule has 12 heavy (non-hydrogen) atoms. The molecule has 2 aliphatic heterocycles. The summed E-state index contributed by atoms with van der Waals surface area (Å²) in [5, 5.41) is 0. The largest absolute Gasteiger partial charge is 0.336 e. The molecule has 1 fully saturated rings. The normalized spacial score (nSPS) is 32.5. The van der Waals surface area contributed by atoms with Crippen molar-refractivity contribution in [3.05, 3.63) is 12.2 Å². The Balaban J connectivity index is 2.14. The summed E-state index contributed by atoms with van der Waals surface area (Å²) in [4.78, 5) is 13.6. The third-order valence-electron chi connectivity index (χ3n) is 2.74. The lowest BCUT2D eigenvalue weighted by atomic mass is 10.1. The number of amides is 1. The SMILES string of the molecule is O=C1CCC/C=C\[C@@H]2CCCN12. The van der Waals surface area contributed by atoms with Gasteiger partial charge in [0.25, 0.3) is 0 Å². The highest BCUT2D eigenvalue weighted by Gasteiger charge is 2.26. The molecule has 66 valence electrons. The third-order valence-corrected chi connectivity index (χ3v) is 2.74. The van der Waals surface area contributed by atoms with Crippen LogP contribution in [0.3, 0.4) is 0 Å². The van der Waals surface area contributed by atoms with Crippen molar-refractivity contribution < 1.29 is 4.79 Å². The molecule has 0 aromatic heterocycles. The molecule has 1 saturated heterocycles. The minimum Gasteiger partial charge on any atom is -0.336 e. The molecule has 2 nitrogen and oxygen atoms in total. The monoisotopic (exact) mass is 165 g/mol. The molecule has 1 amide bonds. The van der Waals surface area contributed by atoms with Gasteiger partial charge in [-0.1, -0.05) is 12.2 Å². The zero-order valence-electron chi connectivity index (χ0n) is 7.33. The third kappa shape index (κ3) is 1.38. The number of carbonyl (C=O) groups excluding carboxylic acids is 1. The Bertz CT molecular complexity index is 210. The first-order chi connectivity index (χ1) is 5.88. The van der Waals surface area contributed by atoms with Gasteiger partial charge in [-0.3, -0.25) is 4.79 Å². The fraction of sp³-hybridized carbons (Fsp3) is 0.700. The summed E-state index contributed by atoms with van der Waals surface area (Å²) in [5.74, 6) is 0.363. The number of allylic oxidation sites excluding steroid dienone is 1. The number of hydrogen-bond donors (Lipinski definition) is 0. The number of carbonyl (C=O) groups is 1. The van der Waals surface area contributed by atoms with Crippen LogP contribution in [-0.4, -0.2) is 23.4 Å². The summed E-state index contributed by atoms with van der Waals surface area (Å²) in [6.45, 7) is 0.980. The van der Waals surface area contributed by atoms with E-state index in [-0.39, 0.29) is 0 Å². The molecule has 0 bridgehead atoms. The van der Waals surface area contributed by atoms with E-state index in [1.807, 2.05) is 4.90 Å². The predicted molar refractivity (Wildman–Crippen MR) is 47.7 cm³/mol. The summed E-state index contributed by atoms with van der Waals surface area (Å²) < 4.78 is 0. The maximum absolute atomic E-state index is 11.5. The molecule has 0 aliphatic carbocycles. The van der Waals surface area contributed by atoms with Crippen molar-refractivity contribution in [2.24, 2.45) is 0 Å². The smallest absolute Gasteiger partial charge is 0.223 e. The second-order valence-electron chi connectivity index (χ2n) is 3.62. The first-order valence-electron chi connectivity index (χ1n) is 4.84. The summed E-state index contributed by atoms with van der Waals surface area (Å²) in [5.41, 5.74) is 0. The van der Waals surface area contributed by atoms with E-state index in [0.29, 0.717) is 11.9 Å². The Morgan fingerprint density at radius 2 is 2.33 bits per heavy atom. The zero-order valence-corrected chi connectivity index (χ0v) is 7.33. The van der Waals surface area contributed by atoms with Crippen molar-refractivity contribution >= 4 is 5.91 Å². The van der Waals surface area contributed by atoms with Crippen molar-refractivity contribution in [2.45, 2.75) is 38.1 Å². The fourth-order valence-electron chi connectivity index (χ4n) is 2.07. The van der Waals surface area contributed by atoms with Crippen LogP contribution in [-0.2, 0) is 4.79 Å². The van der Waals surface area contributed by atoms with Crippen LogP contribution in [0.1, 0.15) is 32.1 Å². The van der Waals surface area contributed by atoms with E-state index < -0.39 is 0 Å². The quantitative estimate of drug-likeness (QED) is 0.500. The molecular weight excluding hydrogens is 150 g/mol. The van der Waals surface area contributed by atoms with Crippen LogP contribution >= 0.6 is 0 Å². The lowest BCUT2D eigenvalue weighted by Gasteiger charge is -2.23. The Labute approximate surface area is 73.2 Å². The van der Waals surface area contributed by atoms with E-state index in [1.54, 1.807) is 0 Å². The topological polar surface area (TPSA) is 20.3 Å². The average molecular weight is 165 g/mol. The molecule has 2 rings (SSSR count). The summed E-state index contributed by atoms with van der Waals surface area (Å²) in [6, 6.07) is 0.429. The molecule has 0 radical (unpaired) electrons. The van der Waals surface area contributed by atoms with Crippen LogP contribution in [0, 0.1) is 0 Å². The second kappa shape index (κ2) is 3.30. The van der Waals surface area contributed by atoms with Gasteiger partial charge < -0.3 is 4.90 Å². The maximum atomic E-state index is 11.5. The van der Waals surface area contributed by atoms with Crippen molar-refractivity contribution in [1.29, 1.82) is 0 Å². The van der Waals surface area contributed by atoms with E-state index >= 15 is 0 Å². The molecule has 0 aromatic rings. The van der Waals surface area contributed by atoms with Crippen LogP contribution < -0.4 is 0 Å². The molecular formula is C10H15NO. The lowest BCUT2D eigenvalue weighted by molar-refractivity contribution is -0.131.